The minimum atomic E-state index is -4.38. The van der Waals surface area contributed by atoms with Gasteiger partial charge in [-0.2, -0.15) is 18.3 Å². The molecule has 0 spiro atoms. The van der Waals surface area contributed by atoms with Crippen molar-refractivity contribution in [2.45, 2.75) is 58.0 Å². The summed E-state index contributed by atoms with van der Waals surface area (Å²) in [5, 5.41) is 17.2. The highest BCUT2D eigenvalue weighted by Crippen LogP contribution is 2.31. The quantitative estimate of drug-likeness (QED) is 0.381. The van der Waals surface area contributed by atoms with Gasteiger partial charge in [0.15, 0.2) is 5.60 Å². The summed E-state index contributed by atoms with van der Waals surface area (Å²) in [6, 6.07) is 14.1. The van der Waals surface area contributed by atoms with E-state index in [0.29, 0.717) is 30.0 Å². The molecule has 0 fully saturated rings. The standard InChI is InChI=1S/C26H30F3N3O3/c1-5-14-32-20(16-23(31-32)18-6-10-19(11-7-18)26(27,28)29)15-22(30-4)17-8-12-21(13-9-17)35-25(2,3)24(33)34/h6-13,16,22,30H,5,14-15H2,1-4H3,(H,33,34). The normalized spacial score (nSPS) is 13.0. The van der Waals surface area contributed by atoms with Gasteiger partial charge in [0.05, 0.1) is 11.3 Å². The van der Waals surface area contributed by atoms with Crippen molar-refractivity contribution < 1.29 is 27.8 Å². The molecule has 1 unspecified atom stereocenters. The van der Waals surface area contributed by atoms with E-state index in [4.69, 9.17) is 4.74 Å². The van der Waals surface area contributed by atoms with Crippen LogP contribution in [0.15, 0.2) is 54.6 Å². The number of aromatic nitrogens is 2. The van der Waals surface area contributed by atoms with Crippen LogP contribution in [0.1, 0.15) is 50.1 Å². The van der Waals surface area contributed by atoms with Crippen molar-refractivity contribution in [2.75, 3.05) is 7.05 Å². The second-order valence-corrected chi connectivity index (χ2v) is 8.85. The molecule has 0 saturated heterocycles. The van der Waals surface area contributed by atoms with Crippen LogP contribution in [0.3, 0.4) is 0 Å². The van der Waals surface area contributed by atoms with E-state index in [1.165, 1.54) is 26.0 Å². The van der Waals surface area contributed by atoms with E-state index >= 15 is 0 Å². The topological polar surface area (TPSA) is 76.4 Å². The first-order chi connectivity index (χ1) is 16.4. The molecular weight excluding hydrogens is 459 g/mol. The fourth-order valence-electron chi connectivity index (χ4n) is 3.70. The lowest BCUT2D eigenvalue weighted by atomic mass is 10.0. The van der Waals surface area contributed by atoms with E-state index in [0.717, 1.165) is 29.8 Å². The molecule has 3 rings (SSSR count). The lowest BCUT2D eigenvalue weighted by Gasteiger charge is -2.22. The third-order valence-electron chi connectivity index (χ3n) is 5.74. The molecule has 0 aliphatic rings. The molecule has 0 radical (unpaired) electrons. The number of carboxylic acids is 1. The number of hydrogen-bond donors (Lipinski definition) is 2. The average Bonchev–Trinajstić information content (AvgIpc) is 3.20. The summed E-state index contributed by atoms with van der Waals surface area (Å²) >= 11 is 0. The SMILES string of the molecule is CCCn1nc(-c2ccc(C(F)(F)F)cc2)cc1CC(NC)c1ccc(OC(C)(C)C(=O)O)cc1. The number of hydrogen-bond acceptors (Lipinski definition) is 4. The van der Waals surface area contributed by atoms with E-state index < -0.39 is 23.3 Å². The Hall–Kier alpha value is -3.33. The van der Waals surface area contributed by atoms with Crippen molar-refractivity contribution in [3.8, 4) is 17.0 Å². The Labute approximate surface area is 202 Å². The highest BCUT2D eigenvalue weighted by atomic mass is 19.4. The molecule has 3 aromatic rings. The zero-order valence-corrected chi connectivity index (χ0v) is 20.2. The Bertz CT molecular complexity index is 1140. The molecule has 188 valence electrons. The van der Waals surface area contributed by atoms with Gasteiger partial charge in [-0.1, -0.05) is 31.2 Å². The molecule has 9 heteroatoms. The van der Waals surface area contributed by atoms with Gasteiger partial charge >= 0.3 is 12.1 Å². The molecule has 0 bridgehead atoms. The van der Waals surface area contributed by atoms with E-state index in [-0.39, 0.29) is 6.04 Å². The highest BCUT2D eigenvalue weighted by Gasteiger charge is 2.30. The average molecular weight is 490 g/mol. The largest absolute Gasteiger partial charge is 0.478 e. The Kier molecular flexibility index (Phi) is 7.90. The fraction of sp³-hybridized carbons (Fsp3) is 0.385. The lowest BCUT2D eigenvalue weighted by Crippen LogP contribution is -2.37. The van der Waals surface area contributed by atoms with Gasteiger partial charge in [0.2, 0.25) is 0 Å². The number of alkyl halides is 3. The minimum Gasteiger partial charge on any atom is -0.478 e. The molecule has 0 aliphatic heterocycles. The van der Waals surface area contributed by atoms with Crippen molar-refractivity contribution in [3.05, 3.63) is 71.4 Å². The van der Waals surface area contributed by atoms with Crippen LogP contribution in [-0.4, -0.2) is 33.5 Å². The summed E-state index contributed by atoms with van der Waals surface area (Å²) < 4.78 is 46.2. The predicted octanol–water partition coefficient (Wildman–Crippen LogP) is 5.72. The maximum Gasteiger partial charge on any atom is 0.416 e. The van der Waals surface area contributed by atoms with Crippen LogP contribution in [0.2, 0.25) is 0 Å². The molecule has 2 N–H and O–H groups in total. The minimum absolute atomic E-state index is 0.0655. The Balaban J connectivity index is 1.82. The zero-order valence-electron chi connectivity index (χ0n) is 20.2. The number of ether oxygens (including phenoxy) is 1. The first-order valence-corrected chi connectivity index (χ1v) is 11.4. The number of likely N-dealkylation sites (N-methyl/N-ethyl adjacent to an activating group) is 1. The van der Waals surface area contributed by atoms with Crippen molar-refractivity contribution in [2.24, 2.45) is 0 Å². The van der Waals surface area contributed by atoms with Crippen LogP contribution in [-0.2, 0) is 23.9 Å². The third-order valence-corrected chi connectivity index (χ3v) is 5.74. The van der Waals surface area contributed by atoms with E-state index in [9.17, 15) is 23.1 Å². The second kappa shape index (κ2) is 10.5. The number of halogens is 3. The Morgan fingerprint density at radius 3 is 2.26 bits per heavy atom. The van der Waals surface area contributed by atoms with Crippen molar-refractivity contribution >= 4 is 5.97 Å². The van der Waals surface area contributed by atoms with Crippen molar-refractivity contribution in [3.63, 3.8) is 0 Å². The summed E-state index contributed by atoms with van der Waals surface area (Å²) in [5.74, 6) is -0.598. The summed E-state index contributed by atoms with van der Waals surface area (Å²) in [5.41, 5.74) is 1.14. The predicted molar refractivity (Wildman–Crippen MR) is 127 cm³/mol. The van der Waals surface area contributed by atoms with Crippen LogP contribution < -0.4 is 10.1 Å². The van der Waals surface area contributed by atoms with Crippen LogP contribution >= 0.6 is 0 Å². The van der Waals surface area contributed by atoms with Gasteiger partial charge in [0, 0.05) is 30.3 Å². The smallest absolute Gasteiger partial charge is 0.416 e. The van der Waals surface area contributed by atoms with E-state index in [1.54, 1.807) is 12.1 Å². The number of nitrogens with one attached hydrogen (secondary N) is 1. The van der Waals surface area contributed by atoms with Crippen LogP contribution in [0.5, 0.6) is 5.75 Å². The summed E-state index contributed by atoms with van der Waals surface area (Å²) in [6.07, 6.45) is -2.92. The maximum atomic E-state index is 12.9. The Morgan fingerprint density at radius 1 is 1.11 bits per heavy atom. The van der Waals surface area contributed by atoms with Crippen LogP contribution in [0.25, 0.3) is 11.3 Å². The molecule has 0 aliphatic carbocycles. The molecule has 35 heavy (non-hydrogen) atoms. The van der Waals surface area contributed by atoms with Gasteiger partial charge in [0.25, 0.3) is 0 Å². The third kappa shape index (κ3) is 6.42. The van der Waals surface area contributed by atoms with Gasteiger partial charge in [-0.15, -0.1) is 0 Å². The maximum absolute atomic E-state index is 12.9. The number of benzene rings is 2. The van der Waals surface area contributed by atoms with Crippen molar-refractivity contribution in [1.29, 1.82) is 0 Å². The van der Waals surface area contributed by atoms with E-state index in [1.807, 2.05) is 36.9 Å². The summed E-state index contributed by atoms with van der Waals surface area (Å²) in [6.45, 7) is 5.70. The number of nitrogens with zero attached hydrogens (tertiary/aromatic N) is 2. The van der Waals surface area contributed by atoms with Crippen molar-refractivity contribution in [1.82, 2.24) is 15.1 Å². The number of carboxylic acid groups (broad SMARTS) is 1. The molecule has 0 saturated carbocycles. The second-order valence-electron chi connectivity index (χ2n) is 8.85. The monoisotopic (exact) mass is 489 g/mol. The summed E-state index contributed by atoms with van der Waals surface area (Å²) in [4.78, 5) is 11.3. The lowest BCUT2D eigenvalue weighted by molar-refractivity contribution is -0.152. The number of carbonyl (C=O) groups is 1. The van der Waals surface area contributed by atoms with Gasteiger partial charge in [-0.25, -0.2) is 4.79 Å². The Morgan fingerprint density at radius 2 is 1.74 bits per heavy atom. The van der Waals surface area contributed by atoms with Crippen LogP contribution in [0, 0.1) is 0 Å². The molecular formula is C26H30F3N3O3. The number of rotatable bonds is 10. The van der Waals surface area contributed by atoms with Crippen LogP contribution in [0.4, 0.5) is 13.2 Å². The number of aliphatic carboxylic acids is 1. The molecule has 6 nitrogen and oxygen atoms in total. The highest BCUT2D eigenvalue weighted by molar-refractivity contribution is 5.76. The first-order valence-electron chi connectivity index (χ1n) is 11.4. The van der Waals surface area contributed by atoms with Gasteiger partial charge in [-0.05, 0) is 63.2 Å². The van der Waals surface area contributed by atoms with Gasteiger partial charge < -0.3 is 15.2 Å². The van der Waals surface area contributed by atoms with Gasteiger partial charge in [-0.3, -0.25) is 4.68 Å². The first kappa shape index (κ1) is 26.3. The fourth-order valence-corrected chi connectivity index (χ4v) is 3.70. The van der Waals surface area contributed by atoms with Gasteiger partial charge in [0.1, 0.15) is 5.75 Å². The molecule has 1 atom stereocenters. The molecule has 1 aromatic heterocycles. The number of aryl methyl sites for hydroxylation is 1. The zero-order chi connectivity index (χ0) is 25.8. The molecule has 0 amide bonds. The molecule has 1 heterocycles. The van der Waals surface area contributed by atoms with E-state index in [2.05, 4.69) is 10.4 Å². The summed E-state index contributed by atoms with van der Waals surface area (Å²) in [7, 11) is 1.85. The molecule has 2 aromatic carbocycles.